The molecule has 0 aliphatic carbocycles. The molecule has 0 unspecified atom stereocenters. The number of aryl methyl sites for hydroxylation is 6. The van der Waals surface area contributed by atoms with Crippen molar-refractivity contribution in [1.82, 2.24) is 86.4 Å². The van der Waals surface area contributed by atoms with E-state index in [9.17, 15) is 0 Å². The molecule has 113 heavy (non-hydrogen) atoms. The molecule has 0 fully saturated rings. The van der Waals surface area contributed by atoms with Crippen molar-refractivity contribution < 1.29 is 31.4 Å². The third-order valence-electron chi connectivity index (χ3n) is 23.1. The number of rotatable bonds is 2. The van der Waals surface area contributed by atoms with Crippen LogP contribution in [0.1, 0.15) is 31.9 Å². The van der Waals surface area contributed by atoms with Crippen LogP contribution in [0.2, 0.25) is 0 Å². The van der Waals surface area contributed by atoms with Crippen LogP contribution < -0.4 is 22.8 Å². The molecule has 0 saturated heterocycles. The zero-order valence-corrected chi connectivity index (χ0v) is 62.5. The van der Waals surface area contributed by atoms with Crippen LogP contribution in [0.3, 0.4) is 0 Å². The summed E-state index contributed by atoms with van der Waals surface area (Å²) in [5, 5.41) is 5.50. The summed E-state index contributed by atoms with van der Waals surface area (Å²) in [6.45, 7) is 1.68. The number of benzene rings is 2. The highest BCUT2D eigenvalue weighted by Gasteiger charge is 2.42. The van der Waals surface area contributed by atoms with Gasteiger partial charge in [-0.3, -0.25) is 38.6 Å². The highest BCUT2D eigenvalue weighted by atomic mass is 32.1. The van der Waals surface area contributed by atoms with E-state index in [1.807, 2.05) is 130 Å². The number of hydrogen-bond donors (Lipinski definition) is 0. The highest BCUT2D eigenvalue weighted by molar-refractivity contribution is 7.24. The Morgan fingerprint density at radius 2 is 0.717 bits per heavy atom. The third-order valence-corrected chi connectivity index (χ3v) is 24.2. The predicted molar refractivity (Wildman–Crippen MR) is 432 cm³/mol. The average Bonchev–Trinajstić information content (AvgIpc) is 1.54. The van der Waals surface area contributed by atoms with E-state index in [1.165, 1.54) is 127 Å². The average molecular weight is 1500 g/mol. The normalized spacial score (nSPS) is 13.4. The van der Waals surface area contributed by atoms with Crippen molar-refractivity contribution in [3.05, 3.63) is 272 Å². The van der Waals surface area contributed by atoms with Crippen LogP contribution in [0.15, 0.2) is 249 Å². The number of thiophene rings is 1. The molecule has 25 heteroatoms. The van der Waals surface area contributed by atoms with E-state index in [2.05, 4.69) is 231 Å². The molecule has 0 spiro atoms. The summed E-state index contributed by atoms with van der Waals surface area (Å²) in [6.07, 6.45) is 27.9. The summed E-state index contributed by atoms with van der Waals surface area (Å²) in [7, 11) is 10.4. The maximum Gasteiger partial charge on any atom is 0.341 e. The van der Waals surface area contributed by atoms with Crippen molar-refractivity contribution in [3.8, 4) is 68.3 Å². The first kappa shape index (κ1) is 61.3. The molecule has 25 heterocycles. The van der Waals surface area contributed by atoms with E-state index < -0.39 is 6.98 Å². The van der Waals surface area contributed by atoms with Gasteiger partial charge in [-0.15, -0.1) is 0 Å². The highest BCUT2D eigenvalue weighted by Crippen LogP contribution is 2.43. The molecule has 5 aliphatic rings. The second-order valence-electron chi connectivity index (χ2n) is 29.0. The maximum atomic E-state index is 8.01. The fourth-order valence-corrected chi connectivity index (χ4v) is 19.6. The molecule has 0 bridgehead atoms. The molecule has 0 N–H and O–H groups in total. The minimum absolute atomic E-state index is 0.488. The maximum absolute atomic E-state index is 8.01. The molecular weight excluding hydrogens is 1430 g/mol. The molecule has 22 aromatic rings. The Labute approximate surface area is 650 Å². The number of aromatic nitrogens is 23. The molecule has 27 rings (SSSR count). The van der Waals surface area contributed by atoms with Gasteiger partial charge in [-0.25, -0.2) is 61.5 Å². The fourth-order valence-electron chi connectivity index (χ4n) is 18.5. The van der Waals surface area contributed by atoms with Gasteiger partial charge < -0.3 is 4.42 Å². The lowest BCUT2D eigenvalue weighted by molar-refractivity contribution is -0.652. The van der Waals surface area contributed by atoms with Gasteiger partial charge in [0.2, 0.25) is 56.0 Å². The van der Waals surface area contributed by atoms with Gasteiger partial charge in [0, 0.05) is 121 Å². The molecule has 0 saturated carbocycles. The van der Waals surface area contributed by atoms with Crippen LogP contribution >= 0.6 is 11.3 Å². The van der Waals surface area contributed by atoms with E-state index in [4.69, 9.17) is 13.5 Å². The monoisotopic (exact) mass is 1500 g/mol. The smallest absolute Gasteiger partial charge is 0.341 e. The summed E-state index contributed by atoms with van der Waals surface area (Å²) in [6, 6.07) is 51.7. The molecule has 0 amide bonds. The van der Waals surface area contributed by atoms with Gasteiger partial charge in [-0.1, -0.05) is 47.7 Å². The van der Waals surface area contributed by atoms with Gasteiger partial charge in [0.1, 0.15) is 29.3 Å². The van der Waals surface area contributed by atoms with Crippen molar-refractivity contribution >= 4 is 121 Å². The van der Waals surface area contributed by atoms with E-state index in [1.54, 1.807) is 29.9 Å². The Kier molecular flexibility index (Phi) is 13.3. The summed E-state index contributed by atoms with van der Waals surface area (Å²) in [5.41, 5.74) is 27.4. The van der Waals surface area contributed by atoms with Gasteiger partial charge in [-0.05, 0) is 115 Å². The number of nitrogens with zero attached hydrogens (tertiary/aromatic N) is 23. The molecule has 24 nitrogen and oxygen atoms in total. The first-order chi connectivity index (χ1) is 56.9. The van der Waals surface area contributed by atoms with E-state index in [0.717, 1.165) is 92.5 Å². The Morgan fingerprint density at radius 1 is 0.327 bits per heavy atom. The zero-order chi connectivity index (χ0) is 77.7. The molecule has 0 atom stereocenters. The van der Waals surface area contributed by atoms with Gasteiger partial charge >= 0.3 is 5.71 Å². The number of para-hydroxylation sites is 2. The van der Waals surface area contributed by atoms with Crippen LogP contribution in [0.25, 0.3) is 178 Å². The Bertz CT molecular complexity index is 7900. The van der Waals surface area contributed by atoms with Crippen molar-refractivity contribution in [1.29, 1.82) is 0 Å². The van der Waals surface area contributed by atoms with Crippen molar-refractivity contribution in [3.63, 3.8) is 0 Å². The standard InChI is InChI=1S/C21H16N5.C20H13N4S.2C16H14N5.C15H11N4O/c1-24-18-17-8-5-10-23-19(17)26(15-6-3-2-4-7-15)21(18)25-13-14-12-22-11-9-16(14)20(24)25;1-2-5-14(6-3-1)24-17-16-7-4-9-22-18(16)25-20(17)23-12-13-11-21-10-8-15(13)19(23)24;2*1-19-13-12-4-3-6-18-14(12)20(2)16(13)21-9-10-8-17-7-5-11(10)15(19)21;1-18-12-11-3-2-5-17-13(11)20-15(12)19-8-9-7-16-6-4-10(9)14(18)19/h2-12H,13H2,1H3;1-11H,12H2;2*3-8H,9H2,1-2H3;2-7H,8H2,1H3/q5*+1/i;;2D3;;. The second kappa shape index (κ2) is 24.5. The molecule has 0 radical (unpaired) electrons. The lowest BCUT2D eigenvalue weighted by Gasteiger charge is -2.02. The van der Waals surface area contributed by atoms with Gasteiger partial charge in [0.15, 0.2) is 16.6 Å². The molecule has 20 aromatic heterocycles. The molecule has 542 valence electrons. The van der Waals surface area contributed by atoms with Crippen molar-refractivity contribution in [2.75, 3.05) is 0 Å². The Morgan fingerprint density at radius 3 is 1.24 bits per heavy atom. The van der Waals surface area contributed by atoms with Crippen molar-refractivity contribution in [2.45, 2.75) is 32.7 Å². The fraction of sp³-hybridized carbons (Fsp3) is 0.125. The first-order valence-electron chi connectivity index (χ1n) is 38.8. The second-order valence-corrected chi connectivity index (χ2v) is 30.0. The first-order valence-corrected chi connectivity index (χ1v) is 38.1. The van der Waals surface area contributed by atoms with E-state index in [0.29, 0.717) is 23.6 Å². The predicted octanol–water partition coefficient (Wildman–Crippen LogP) is 12.8. The van der Waals surface area contributed by atoms with Crippen molar-refractivity contribution in [2.24, 2.45) is 42.2 Å². The van der Waals surface area contributed by atoms with E-state index >= 15 is 0 Å². The number of hydrogen-bond acceptors (Lipinski definition) is 12. The number of imidazole rings is 5. The van der Waals surface area contributed by atoms with Crippen LogP contribution in [-0.4, -0.2) is 86.4 Å². The summed E-state index contributed by atoms with van der Waals surface area (Å²) >= 11 is 1.76. The topological polar surface area (TPSA) is 201 Å². The van der Waals surface area contributed by atoms with Gasteiger partial charge in [0.25, 0.3) is 28.6 Å². The Balaban J connectivity index is 0.0000000858. The van der Waals surface area contributed by atoms with Gasteiger partial charge in [-0.2, -0.15) is 9.13 Å². The number of pyridine rings is 10. The van der Waals surface area contributed by atoms with Crippen LogP contribution in [0.4, 0.5) is 0 Å². The summed E-state index contributed by atoms with van der Waals surface area (Å²) in [5.74, 6) is 5.88. The van der Waals surface area contributed by atoms with Crippen LogP contribution in [0, 0.1) is 0 Å². The minimum Gasteiger partial charge on any atom is -0.400 e. The van der Waals surface area contributed by atoms with Gasteiger partial charge in [0.05, 0.1) is 121 Å². The quantitative estimate of drug-likeness (QED) is 0.149. The number of fused-ring (bicyclic) bond motifs is 35. The van der Waals surface area contributed by atoms with Crippen LogP contribution in [0.5, 0.6) is 0 Å². The molecular formula is C88H68N23OS+5. The summed E-state index contributed by atoms with van der Waals surface area (Å²) < 4.78 is 58.4. The summed E-state index contributed by atoms with van der Waals surface area (Å²) in [4.78, 5) is 46.1. The largest absolute Gasteiger partial charge is 0.400 e. The molecule has 2 aromatic carbocycles. The SMILES string of the molecule is Cn1c2[n+](c3c1c1cccnc1n3-c1ccccc1)Cc1cnccc1-2.Cn1c2[n+](c3c1c1cccnc1n3C)Cc1cnccc1-2.Cn1c2[n+](c3oc4ncccc4c31)Cc1cnccc1-2.[2H]C([2H])([2H])n1c2ncccc2c2c1[n+]1c(n2C)-c2ccncc2C1.c1ccc(-n2c3[n+](c4sc5ncccc5c42)Cc2cnccc2-3)cc1. The zero-order valence-electron chi connectivity index (χ0n) is 64.7. The minimum atomic E-state index is -2.30. The lowest BCUT2D eigenvalue weighted by atomic mass is 10.1. The Hall–Kier alpha value is -14.6. The van der Waals surface area contributed by atoms with E-state index in [-0.39, 0.29) is 0 Å². The number of furan rings is 1. The molecule has 5 aliphatic heterocycles. The lowest BCUT2D eigenvalue weighted by Crippen LogP contribution is -2.33. The van der Waals surface area contributed by atoms with Crippen LogP contribution in [-0.2, 0) is 74.9 Å². The third kappa shape index (κ3) is 9.14.